The number of aryl methyl sites for hydroxylation is 6. The number of nitrogens with two attached hydrogens (primary N) is 1. The molecule has 0 saturated heterocycles. The van der Waals surface area contributed by atoms with Crippen LogP contribution in [0.5, 0.6) is 0 Å². The average Bonchev–Trinajstić information content (AvgIpc) is 3.11. The predicted octanol–water partition coefficient (Wildman–Crippen LogP) is 14.9. The van der Waals surface area contributed by atoms with Crippen molar-refractivity contribution in [2.24, 2.45) is 5.73 Å². The molecule has 0 spiro atoms. The van der Waals surface area contributed by atoms with Gasteiger partial charge in [-0.1, -0.05) is 120 Å². The molecule has 0 fully saturated rings. The van der Waals surface area contributed by atoms with E-state index in [1.54, 1.807) is 0 Å². The largest absolute Gasteiger partial charge is 0.399 e. The van der Waals surface area contributed by atoms with Crippen LogP contribution in [0, 0.1) is 41.5 Å². The zero-order valence-corrected chi connectivity index (χ0v) is 35.3. The van der Waals surface area contributed by atoms with Crippen molar-refractivity contribution in [3.63, 3.8) is 0 Å². The first kappa shape index (κ1) is 41.6. The molecule has 0 bridgehead atoms. The summed E-state index contributed by atoms with van der Waals surface area (Å²) < 4.78 is 0. The first-order chi connectivity index (χ1) is 25.5. The van der Waals surface area contributed by atoms with Gasteiger partial charge in [-0.25, -0.2) is 0 Å². The van der Waals surface area contributed by atoms with Gasteiger partial charge in [0.2, 0.25) is 0 Å². The van der Waals surface area contributed by atoms with E-state index < -0.39 is 0 Å². The molecule has 0 saturated carbocycles. The number of hydrogen-bond acceptors (Lipinski definition) is 1. The summed E-state index contributed by atoms with van der Waals surface area (Å²) in [4.78, 5) is 0. The number of allylic oxidation sites excluding steroid dienone is 16. The van der Waals surface area contributed by atoms with Crippen LogP contribution in [-0.4, -0.2) is 0 Å². The lowest BCUT2D eigenvalue weighted by molar-refractivity contribution is 0.923. The summed E-state index contributed by atoms with van der Waals surface area (Å²) in [5, 5.41) is 0. The molecule has 1 aliphatic rings. The zero-order valence-electron chi connectivity index (χ0n) is 35.3. The SMILES string of the molecule is C=Cc1ccc(/C2=C(/C)CC/C(C)=C(\c3c(C)cc(C)cc3C)C\C=C/C(N)=C(C)/C(C)=C/C=C(C)/C(c3c(C)cc(C)cc3C)=C(C)/C=C\C2=C)cc1. The van der Waals surface area contributed by atoms with Crippen molar-refractivity contribution in [1.82, 2.24) is 0 Å². The van der Waals surface area contributed by atoms with Gasteiger partial charge in [0.1, 0.15) is 0 Å². The standard InChI is InChI=1S/C53H63N/c1-15-46-25-27-47(28-26-46)50-37(6)22-20-36(5)48(51-41(10)29-33(2)30-42(51)11)17-16-18-49(54)45(14)35(4)19-21-39(8)52(40(9)24-23-38(50)7)53-43(12)31-34(3)32-44(53)13/h15-16,18-19,21,23-32H,1,7,17,20,22,54H2,2-6,8-14H3/b18-16-,24-23-,35-19+,39-21+,48-36-,49-45-,50-37-,52-40-. The van der Waals surface area contributed by atoms with Gasteiger partial charge >= 0.3 is 0 Å². The molecular formula is C53H63N. The third-order valence-electron chi connectivity index (χ3n) is 11.0. The van der Waals surface area contributed by atoms with E-state index in [1.165, 1.54) is 89.1 Å². The van der Waals surface area contributed by atoms with Crippen molar-refractivity contribution in [3.05, 3.63) is 198 Å². The predicted molar refractivity (Wildman–Crippen MR) is 241 cm³/mol. The second-order valence-corrected chi connectivity index (χ2v) is 15.6. The van der Waals surface area contributed by atoms with Crippen LogP contribution in [0.3, 0.4) is 0 Å². The van der Waals surface area contributed by atoms with E-state index in [0.29, 0.717) is 0 Å². The first-order valence-corrected chi connectivity index (χ1v) is 19.4. The fourth-order valence-electron chi connectivity index (χ4n) is 8.08. The second kappa shape index (κ2) is 18.3. The topological polar surface area (TPSA) is 26.0 Å². The zero-order chi connectivity index (χ0) is 39.9. The third kappa shape index (κ3) is 9.88. The van der Waals surface area contributed by atoms with E-state index in [4.69, 9.17) is 12.3 Å². The lowest BCUT2D eigenvalue weighted by Crippen LogP contribution is -2.01. The van der Waals surface area contributed by atoms with Gasteiger partial charge in [0.25, 0.3) is 0 Å². The van der Waals surface area contributed by atoms with Gasteiger partial charge in [-0.15, -0.1) is 0 Å². The molecule has 0 atom stereocenters. The van der Waals surface area contributed by atoms with Crippen LogP contribution in [0.1, 0.15) is 116 Å². The minimum atomic E-state index is 0.795. The number of benzene rings is 3. The normalized spacial score (nSPS) is 24.3. The van der Waals surface area contributed by atoms with Crippen molar-refractivity contribution in [2.45, 2.75) is 102 Å². The Bertz CT molecular complexity index is 2160. The van der Waals surface area contributed by atoms with Crippen LogP contribution in [0.25, 0.3) is 22.8 Å². The van der Waals surface area contributed by atoms with Gasteiger partial charge < -0.3 is 5.73 Å². The molecule has 2 N–H and O–H groups in total. The second-order valence-electron chi connectivity index (χ2n) is 15.6. The Morgan fingerprint density at radius 1 is 0.593 bits per heavy atom. The summed E-state index contributed by atoms with van der Waals surface area (Å²) >= 11 is 0. The van der Waals surface area contributed by atoms with E-state index in [2.05, 4.69) is 175 Å². The third-order valence-corrected chi connectivity index (χ3v) is 11.0. The van der Waals surface area contributed by atoms with Gasteiger partial charge in [0, 0.05) is 5.70 Å². The fourth-order valence-corrected chi connectivity index (χ4v) is 8.08. The van der Waals surface area contributed by atoms with Crippen LogP contribution in [0.2, 0.25) is 0 Å². The van der Waals surface area contributed by atoms with E-state index in [0.717, 1.165) is 47.2 Å². The molecule has 1 nitrogen and oxygen atoms in total. The van der Waals surface area contributed by atoms with Crippen molar-refractivity contribution < 1.29 is 0 Å². The van der Waals surface area contributed by atoms with Crippen molar-refractivity contribution >= 4 is 22.8 Å². The Hall–Kier alpha value is -5.14. The highest BCUT2D eigenvalue weighted by Gasteiger charge is 2.16. The van der Waals surface area contributed by atoms with Gasteiger partial charge in [-0.05, 0) is 198 Å². The number of hydrogen-bond donors (Lipinski definition) is 1. The van der Waals surface area contributed by atoms with Gasteiger partial charge in [-0.2, -0.15) is 0 Å². The van der Waals surface area contributed by atoms with Crippen LogP contribution in [0.4, 0.5) is 0 Å². The van der Waals surface area contributed by atoms with E-state index >= 15 is 0 Å². The lowest BCUT2D eigenvalue weighted by atomic mass is 9.85. The van der Waals surface area contributed by atoms with Crippen LogP contribution < -0.4 is 5.73 Å². The summed E-state index contributed by atoms with van der Waals surface area (Å²) in [6.45, 7) is 35.3. The molecule has 3 aromatic carbocycles. The first-order valence-electron chi connectivity index (χ1n) is 19.4. The molecule has 0 aliphatic heterocycles. The Labute approximate surface area is 328 Å². The van der Waals surface area contributed by atoms with Crippen molar-refractivity contribution in [2.75, 3.05) is 0 Å². The molecule has 54 heavy (non-hydrogen) atoms. The molecule has 1 heteroatoms. The maximum atomic E-state index is 6.78. The molecule has 0 amide bonds. The van der Waals surface area contributed by atoms with Gasteiger partial charge in [0.05, 0.1) is 0 Å². The van der Waals surface area contributed by atoms with E-state index in [9.17, 15) is 0 Å². The van der Waals surface area contributed by atoms with Gasteiger partial charge in [0.15, 0.2) is 0 Å². The smallest absolute Gasteiger partial charge is 0.0343 e. The van der Waals surface area contributed by atoms with Gasteiger partial charge in [-0.3, -0.25) is 0 Å². The summed E-state index contributed by atoms with van der Waals surface area (Å²) in [6.07, 6.45) is 17.9. The molecule has 3 aromatic rings. The summed E-state index contributed by atoms with van der Waals surface area (Å²) in [5.74, 6) is 0. The summed E-state index contributed by atoms with van der Waals surface area (Å²) in [6, 6.07) is 17.9. The number of rotatable bonds is 4. The maximum Gasteiger partial charge on any atom is 0.0343 e. The molecule has 4 rings (SSSR count). The lowest BCUT2D eigenvalue weighted by Gasteiger charge is -2.20. The highest BCUT2D eigenvalue weighted by molar-refractivity contribution is 5.87. The quantitative estimate of drug-likeness (QED) is 0.286. The maximum absolute atomic E-state index is 6.78. The molecule has 0 unspecified atom stereocenters. The summed E-state index contributed by atoms with van der Waals surface area (Å²) in [7, 11) is 0. The Morgan fingerprint density at radius 3 is 1.67 bits per heavy atom. The average molecular weight is 714 g/mol. The molecular weight excluding hydrogens is 651 g/mol. The molecule has 0 heterocycles. The highest BCUT2D eigenvalue weighted by Crippen LogP contribution is 2.37. The van der Waals surface area contributed by atoms with E-state index in [-0.39, 0.29) is 0 Å². The summed E-state index contributed by atoms with van der Waals surface area (Å²) in [5.41, 5.74) is 32.4. The highest BCUT2D eigenvalue weighted by atomic mass is 14.6. The molecule has 0 radical (unpaired) electrons. The Morgan fingerprint density at radius 2 is 1.11 bits per heavy atom. The Balaban J connectivity index is 2.01. The Kier molecular flexibility index (Phi) is 14.1. The molecule has 280 valence electrons. The van der Waals surface area contributed by atoms with Crippen LogP contribution in [-0.2, 0) is 0 Å². The monoisotopic (exact) mass is 713 g/mol. The fraction of sp³-hybridized carbons (Fsp3) is 0.283. The van der Waals surface area contributed by atoms with Crippen molar-refractivity contribution in [1.29, 1.82) is 0 Å². The van der Waals surface area contributed by atoms with Crippen molar-refractivity contribution in [3.8, 4) is 0 Å². The minimum Gasteiger partial charge on any atom is -0.399 e. The molecule has 1 aliphatic carbocycles. The van der Waals surface area contributed by atoms with E-state index in [1.807, 2.05) is 6.08 Å². The van der Waals surface area contributed by atoms with Crippen LogP contribution in [0.15, 0.2) is 143 Å². The van der Waals surface area contributed by atoms with Crippen LogP contribution >= 0.6 is 0 Å². The molecule has 0 aromatic heterocycles. The minimum absolute atomic E-state index is 0.795.